The third-order valence-electron chi connectivity index (χ3n) is 2.81. The van der Waals surface area contributed by atoms with Gasteiger partial charge in [-0.25, -0.2) is 4.98 Å². The highest BCUT2D eigenvalue weighted by Gasteiger charge is 2.23. The molecular weight excluding hydrogens is 230 g/mol. The normalized spacial score (nSPS) is 18.6. The van der Waals surface area contributed by atoms with Gasteiger partial charge in [-0.3, -0.25) is 4.79 Å². The lowest BCUT2D eigenvalue weighted by molar-refractivity contribution is -0.124. The highest BCUT2D eigenvalue weighted by Crippen LogP contribution is 2.15. The summed E-state index contributed by atoms with van der Waals surface area (Å²) in [6.45, 7) is 3.67. The van der Waals surface area contributed by atoms with Crippen molar-refractivity contribution in [2.24, 2.45) is 0 Å². The Bertz CT molecular complexity index is 386. The lowest BCUT2D eigenvalue weighted by atomic mass is 10.2. The number of amides is 1. The zero-order chi connectivity index (χ0) is 12.8. The van der Waals surface area contributed by atoms with E-state index >= 15 is 0 Å². The van der Waals surface area contributed by atoms with Crippen molar-refractivity contribution in [2.75, 3.05) is 23.8 Å². The average Bonchev–Trinajstić information content (AvgIpc) is 2.92. The quantitative estimate of drug-likeness (QED) is 0.838. The fourth-order valence-corrected chi connectivity index (χ4v) is 1.83. The Morgan fingerprint density at radius 1 is 1.56 bits per heavy atom. The molecule has 1 saturated heterocycles. The second kappa shape index (κ2) is 6.35. The van der Waals surface area contributed by atoms with Gasteiger partial charge in [0.15, 0.2) is 0 Å². The molecule has 1 atom stereocenters. The van der Waals surface area contributed by atoms with Crippen molar-refractivity contribution in [3.8, 4) is 0 Å². The van der Waals surface area contributed by atoms with Gasteiger partial charge in [0.25, 0.3) is 5.91 Å². The predicted molar refractivity (Wildman–Crippen MR) is 70.6 cm³/mol. The molecule has 2 rings (SSSR count). The summed E-state index contributed by atoms with van der Waals surface area (Å²) in [5, 5.41) is 5.99. The summed E-state index contributed by atoms with van der Waals surface area (Å²) < 4.78 is 5.32. The molecule has 0 bridgehead atoms. The van der Waals surface area contributed by atoms with Gasteiger partial charge in [-0.2, -0.15) is 0 Å². The topological polar surface area (TPSA) is 63.2 Å². The summed E-state index contributed by atoms with van der Waals surface area (Å²) in [7, 11) is 0. The molecule has 2 heterocycles. The standard InChI is InChI=1S/C13H19N3O2/c1-2-7-14-12-6-5-10(9-15-12)16-13(17)11-4-3-8-18-11/h5-6,9,11H,2-4,7-8H2,1H3,(H,14,15)(H,16,17). The smallest absolute Gasteiger partial charge is 0.253 e. The van der Waals surface area contributed by atoms with Crippen molar-refractivity contribution in [3.63, 3.8) is 0 Å². The molecule has 2 N–H and O–H groups in total. The minimum absolute atomic E-state index is 0.0800. The molecule has 1 amide bonds. The van der Waals surface area contributed by atoms with Crippen molar-refractivity contribution in [1.29, 1.82) is 0 Å². The van der Waals surface area contributed by atoms with Crippen LogP contribution in [0.5, 0.6) is 0 Å². The first-order valence-electron chi connectivity index (χ1n) is 6.42. The lowest BCUT2D eigenvalue weighted by Gasteiger charge is -2.10. The Balaban J connectivity index is 1.87. The summed E-state index contributed by atoms with van der Waals surface area (Å²) >= 11 is 0. The number of nitrogens with one attached hydrogen (secondary N) is 2. The molecule has 1 aromatic rings. The third kappa shape index (κ3) is 3.43. The average molecular weight is 249 g/mol. The van der Waals surface area contributed by atoms with Gasteiger partial charge in [0.2, 0.25) is 0 Å². The zero-order valence-electron chi connectivity index (χ0n) is 10.6. The van der Waals surface area contributed by atoms with Gasteiger partial charge in [-0.1, -0.05) is 6.92 Å². The minimum Gasteiger partial charge on any atom is -0.370 e. The maximum Gasteiger partial charge on any atom is 0.253 e. The summed E-state index contributed by atoms with van der Waals surface area (Å²) in [6, 6.07) is 3.71. The largest absolute Gasteiger partial charge is 0.370 e. The Morgan fingerprint density at radius 2 is 2.44 bits per heavy atom. The molecule has 0 aliphatic carbocycles. The molecule has 0 radical (unpaired) electrons. The van der Waals surface area contributed by atoms with E-state index in [1.165, 1.54) is 0 Å². The fraction of sp³-hybridized carbons (Fsp3) is 0.538. The van der Waals surface area contributed by atoms with Crippen molar-refractivity contribution in [2.45, 2.75) is 32.3 Å². The SMILES string of the molecule is CCCNc1ccc(NC(=O)C2CCCO2)cn1. The molecule has 18 heavy (non-hydrogen) atoms. The lowest BCUT2D eigenvalue weighted by Crippen LogP contribution is -2.26. The highest BCUT2D eigenvalue weighted by molar-refractivity contribution is 5.94. The van der Waals surface area contributed by atoms with E-state index in [1.807, 2.05) is 12.1 Å². The molecule has 98 valence electrons. The maximum absolute atomic E-state index is 11.8. The van der Waals surface area contributed by atoms with Crippen LogP contribution in [0.15, 0.2) is 18.3 Å². The van der Waals surface area contributed by atoms with E-state index in [4.69, 9.17) is 4.74 Å². The van der Waals surface area contributed by atoms with Crippen LogP contribution < -0.4 is 10.6 Å². The van der Waals surface area contributed by atoms with Crippen LogP contribution in [0, 0.1) is 0 Å². The number of hydrogen-bond donors (Lipinski definition) is 2. The van der Waals surface area contributed by atoms with E-state index in [-0.39, 0.29) is 12.0 Å². The molecule has 1 fully saturated rings. The molecule has 0 aromatic carbocycles. The second-order valence-electron chi connectivity index (χ2n) is 4.35. The number of anilines is 2. The minimum atomic E-state index is -0.303. The molecule has 0 spiro atoms. The van der Waals surface area contributed by atoms with Gasteiger partial charge in [0.1, 0.15) is 11.9 Å². The Morgan fingerprint density at radius 3 is 3.06 bits per heavy atom. The number of carbonyl (C=O) groups excluding carboxylic acids is 1. The zero-order valence-corrected chi connectivity index (χ0v) is 10.6. The number of nitrogens with zero attached hydrogens (tertiary/aromatic N) is 1. The van der Waals surface area contributed by atoms with Crippen LogP contribution in [0.25, 0.3) is 0 Å². The van der Waals surface area contributed by atoms with Crippen molar-refractivity contribution in [3.05, 3.63) is 18.3 Å². The van der Waals surface area contributed by atoms with Crippen LogP contribution in [-0.4, -0.2) is 30.1 Å². The number of ether oxygens (including phenoxy) is 1. The highest BCUT2D eigenvalue weighted by atomic mass is 16.5. The molecule has 1 unspecified atom stereocenters. The first kappa shape index (κ1) is 12.8. The number of pyridine rings is 1. The number of aromatic nitrogens is 1. The van der Waals surface area contributed by atoms with Crippen molar-refractivity contribution < 1.29 is 9.53 Å². The maximum atomic E-state index is 11.8. The van der Waals surface area contributed by atoms with Gasteiger partial charge in [-0.05, 0) is 31.4 Å². The van der Waals surface area contributed by atoms with Gasteiger partial charge in [0.05, 0.1) is 11.9 Å². The van der Waals surface area contributed by atoms with E-state index in [9.17, 15) is 4.79 Å². The predicted octanol–water partition coefficient (Wildman–Crippen LogP) is 2.02. The van der Waals surface area contributed by atoms with Crippen LogP contribution in [0.3, 0.4) is 0 Å². The van der Waals surface area contributed by atoms with E-state index in [0.29, 0.717) is 12.3 Å². The number of rotatable bonds is 5. The summed E-state index contributed by atoms with van der Waals surface area (Å²) in [4.78, 5) is 16.0. The van der Waals surface area contributed by atoms with Crippen LogP contribution >= 0.6 is 0 Å². The Kier molecular flexibility index (Phi) is 4.52. The second-order valence-corrected chi connectivity index (χ2v) is 4.35. The van der Waals surface area contributed by atoms with Crippen LogP contribution in [0.1, 0.15) is 26.2 Å². The summed E-state index contributed by atoms with van der Waals surface area (Å²) in [6.07, 6.45) is 4.17. The van der Waals surface area contributed by atoms with Crippen LogP contribution in [-0.2, 0) is 9.53 Å². The molecule has 5 heteroatoms. The van der Waals surface area contributed by atoms with E-state index in [0.717, 1.165) is 31.6 Å². The molecular formula is C13H19N3O2. The van der Waals surface area contributed by atoms with Gasteiger partial charge in [-0.15, -0.1) is 0 Å². The molecule has 0 saturated carbocycles. The van der Waals surface area contributed by atoms with Crippen LogP contribution in [0.4, 0.5) is 11.5 Å². The van der Waals surface area contributed by atoms with Crippen molar-refractivity contribution >= 4 is 17.4 Å². The number of hydrogen-bond acceptors (Lipinski definition) is 4. The molecule has 5 nitrogen and oxygen atoms in total. The van der Waals surface area contributed by atoms with E-state index in [1.54, 1.807) is 6.20 Å². The van der Waals surface area contributed by atoms with E-state index in [2.05, 4.69) is 22.5 Å². The van der Waals surface area contributed by atoms with E-state index < -0.39 is 0 Å². The Hall–Kier alpha value is -1.62. The van der Waals surface area contributed by atoms with Crippen LogP contribution in [0.2, 0.25) is 0 Å². The number of carbonyl (C=O) groups is 1. The molecule has 1 aromatic heterocycles. The third-order valence-corrected chi connectivity index (χ3v) is 2.81. The van der Waals surface area contributed by atoms with Gasteiger partial charge < -0.3 is 15.4 Å². The van der Waals surface area contributed by atoms with Gasteiger partial charge in [0, 0.05) is 13.2 Å². The fourth-order valence-electron chi connectivity index (χ4n) is 1.83. The summed E-state index contributed by atoms with van der Waals surface area (Å²) in [5.41, 5.74) is 0.706. The van der Waals surface area contributed by atoms with Gasteiger partial charge >= 0.3 is 0 Å². The molecule has 1 aliphatic heterocycles. The summed E-state index contributed by atoms with van der Waals surface area (Å²) in [5.74, 6) is 0.746. The molecule has 1 aliphatic rings. The first-order valence-corrected chi connectivity index (χ1v) is 6.42. The first-order chi connectivity index (χ1) is 8.79. The van der Waals surface area contributed by atoms with Crippen molar-refractivity contribution in [1.82, 2.24) is 4.98 Å². The Labute approximate surface area is 107 Å². The monoisotopic (exact) mass is 249 g/mol.